The summed E-state index contributed by atoms with van der Waals surface area (Å²) in [6.45, 7) is 0.288. The van der Waals surface area contributed by atoms with Gasteiger partial charge in [-0.2, -0.15) is 0 Å². The highest BCUT2D eigenvalue weighted by molar-refractivity contribution is 6.04. The second-order valence-corrected chi connectivity index (χ2v) is 8.97. The summed E-state index contributed by atoms with van der Waals surface area (Å²) >= 11 is 0. The van der Waals surface area contributed by atoms with E-state index in [0.717, 1.165) is 31.2 Å². The van der Waals surface area contributed by atoms with Gasteiger partial charge in [-0.3, -0.25) is 19.7 Å². The van der Waals surface area contributed by atoms with E-state index in [4.69, 9.17) is 5.73 Å². The van der Waals surface area contributed by atoms with Crippen LogP contribution >= 0.6 is 0 Å². The second-order valence-electron chi connectivity index (χ2n) is 8.97. The first-order chi connectivity index (χ1) is 17.3. The molecule has 36 heavy (non-hydrogen) atoms. The molecule has 1 saturated carbocycles. The normalized spacial score (nSPS) is 17.3. The largest absolute Gasteiger partial charge is 0.331 e. The fourth-order valence-electron chi connectivity index (χ4n) is 4.45. The van der Waals surface area contributed by atoms with Crippen molar-refractivity contribution in [1.29, 1.82) is 0 Å². The van der Waals surface area contributed by atoms with Crippen LogP contribution in [0.3, 0.4) is 0 Å². The summed E-state index contributed by atoms with van der Waals surface area (Å²) in [5, 5.41) is 13.6. The molecule has 0 unspecified atom stereocenters. The minimum Gasteiger partial charge on any atom is -0.331 e. The summed E-state index contributed by atoms with van der Waals surface area (Å²) in [6, 6.07) is 18.2. The minimum atomic E-state index is -0.526. The summed E-state index contributed by atoms with van der Waals surface area (Å²) in [5.74, 6) is -1.13. The van der Waals surface area contributed by atoms with E-state index in [1.54, 1.807) is 29.2 Å². The van der Waals surface area contributed by atoms with Gasteiger partial charge in [0.05, 0.1) is 4.92 Å². The molecule has 3 N–H and O–H groups in total. The van der Waals surface area contributed by atoms with E-state index in [-0.39, 0.29) is 41.3 Å². The minimum absolute atomic E-state index is 0.0288. The molecule has 0 spiro atoms. The van der Waals surface area contributed by atoms with E-state index >= 15 is 0 Å². The molecule has 0 radical (unpaired) electrons. The zero-order chi connectivity index (χ0) is 25.7. The SMILES string of the molecule is NC1CCC(N(Cc2cccc(NC(=O)c3ccc([N+](=O)[O-])cc3)c2)C(=O)c2cccc(F)c2)CC1. The molecule has 0 atom stereocenters. The van der Waals surface area contributed by atoms with Crippen molar-refractivity contribution in [3.8, 4) is 0 Å². The fourth-order valence-corrected chi connectivity index (χ4v) is 4.45. The molecule has 0 bridgehead atoms. The molecule has 3 aromatic rings. The Morgan fingerprint density at radius 3 is 2.33 bits per heavy atom. The van der Waals surface area contributed by atoms with Crippen LogP contribution in [-0.4, -0.2) is 33.7 Å². The third-order valence-corrected chi connectivity index (χ3v) is 6.39. The highest BCUT2D eigenvalue weighted by Crippen LogP contribution is 2.26. The van der Waals surface area contributed by atoms with Crippen molar-refractivity contribution in [3.05, 3.63) is 105 Å². The van der Waals surface area contributed by atoms with Crippen molar-refractivity contribution in [2.75, 3.05) is 5.32 Å². The number of nitrogens with two attached hydrogens (primary N) is 1. The number of nitrogens with zero attached hydrogens (tertiary/aromatic N) is 2. The van der Waals surface area contributed by atoms with Crippen LogP contribution in [0.1, 0.15) is 52.0 Å². The van der Waals surface area contributed by atoms with Crippen molar-refractivity contribution in [2.24, 2.45) is 5.73 Å². The van der Waals surface area contributed by atoms with Crippen molar-refractivity contribution >= 4 is 23.2 Å². The number of benzene rings is 3. The standard InChI is InChI=1S/C27H27FN4O4/c28-21-5-2-4-20(16-21)27(34)31(24-13-9-22(29)10-14-24)17-18-3-1-6-23(15-18)30-26(33)19-7-11-25(12-8-19)32(35)36/h1-8,11-12,15-16,22,24H,9-10,13-14,17,29H2,(H,30,33). The predicted octanol–water partition coefficient (Wildman–Crippen LogP) is 4.90. The fraction of sp³-hybridized carbons (Fsp3) is 0.259. The molecule has 0 saturated heterocycles. The molecular formula is C27H27FN4O4. The Balaban J connectivity index is 1.52. The Labute approximate surface area is 208 Å². The summed E-state index contributed by atoms with van der Waals surface area (Å²) in [4.78, 5) is 38.1. The first-order valence-electron chi connectivity index (χ1n) is 11.8. The van der Waals surface area contributed by atoms with Gasteiger partial charge in [-0.15, -0.1) is 0 Å². The van der Waals surface area contributed by atoms with E-state index in [2.05, 4.69) is 5.32 Å². The van der Waals surface area contributed by atoms with E-state index in [0.29, 0.717) is 5.69 Å². The number of nitrogens with one attached hydrogen (secondary N) is 1. The average molecular weight is 491 g/mol. The topological polar surface area (TPSA) is 119 Å². The lowest BCUT2D eigenvalue weighted by molar-refractivity contribution is -0.384. The van der Waals surface area contributed by atoms with Gasteiger partial charge in [0.2, 0.25) is 0 Å². The van der Waals surface area contributed by atoms with Crippen LogP contribution in [0.25, 0.3) is 0 Å². The van der Waals surface area contributed by atoms with Gasteiger partial charge in [-0.25, -0.2) is 4.39 Å². The molecular weight excluding hydrogens is 463 g/mol. The molecule has 1 fully saturated rings. The molecule has 4 rings (SSSR count). The average Bonchev–Trinajstić information content (AvgIpc) is 2.88. The molecule has 3 aromatic carbocycles. The molecule has 0 aliphatic heterocycles. The molecule has 1 aliphatic rings. The first-order valence-corrected chi connectivity index (χ1v) is 11.8. The number of carbonyl (C=O) groups is 2. The van der Waals surface area contributed by atoms with Crippen LogP contribution in [0.15, 0.2) is 72.8 Å². The molecule has 8 nitrogen and oxygen atoms in total. The molecule has 0 heterocycles. The van der Waals surface area contributed by atoms with E-state index in [9.17, 15) is 24.1 Å². The van der Waals surface area contributed by atoms with Crippen LogP contribution in [0.4, 0.5) is 15.8 Å². The van der Waals surface area contributed by atoms with Crippen LogP contribution in [-0.2, 0) is 6.54 Å². The van der Waals surface area contributed by atoms with Gasteiger partial charge in [0.25, 0.3) is 17.5 Å². The Bertz CT molecular complexity index is 1260. The number of amides is 2. The van der Waals surface area contributed by atoms with E-state index < -0.39 is 16.6 Å². The van der Waals surface area contributed by atoms with Gasteiger partial charge in [0.15, 0.2) is 0 Å². The maximum Gasteiger partial charge on any atom is 0.269 e. The number of anilines is 1. The molecule has 2 amide bonds. The van der Waals surface area contributed by atoms with Gasteiger partial charge in [-0.1, -0.05) is 18.2 Å². The van der Waals surface area contributed by atoms with E-state index in [1.165, 1.54) is 42.5 Å². The number of nitro groups is 1. The van der Waals surface area contributed by atoms with Gasteiger partial charge < -0.3 is 16.0 Å². The third-order valence-electron chi connectivity index (χ3n) is 6.39. The van der Waals surface area contributed by atoms with Crippen LogP contribution in [0.5, 0.6) is 0 Å². The number of non-ortho nitro benzene ring substituents is 1. The van der Waals surface area contributed by atoms with Crippen LogP contribution in [0.2, 0.25) is 0 Å². The smallest absolute Gasteiger partial charge is 0.269 e. The Morgan fingerprint density at radius 2 is 1.67 bits per heavy atom. The summed E-state index contributed by atoms with van der Waals surface area (Å²) in [6.07, 6.45) is 3.14. The number of hydrogen-bond acceptors (Lipinski definition) is 5. The molecule has 186 valence electrons. The summed E-state index contributed by atoms with van der Waals surface area (Å²) in [7, 11) is 0. The van der Waals surface area contributed by atoms with Crippen LogP contribution < -0.4 is 11.1 Å². The maximum absolute atomic E-state index is 13.8. The Hall–Kier alpha value is -4.11. The number of rotatable bonds is 7. The molecule has 0 aromatic heterocycles. The first kappa shape index (κ1) is 25.0. The number of nitro benzene ring substituents is 1. The second kappa shape index (κ2) is 11.1. The predicted molar refractivity (Wildman–Crippen MR) is 134 cm³/mol. The summed E-state index contributed by atoms with van der Waals surface area (Å²) < 4.78 is 13.8. The third kappa shape index (κ3) is 6.11. The van der Waals surface area contributed by atoms with Crippen molar-refractivity contribution in [2.45, 2.75) is 44.3 Å². The molecule has 9 heteroatoms. The molecule has 1 aliphatic carbocycles. The zero-order valence-corrected chi connectivity index (χ0v) is 19.6. The number of halogens is 1. The number of carbonyl (C=O) groups excluding carboxylic acids is 2. The van der Waals surface area contributed by atoms with Crippen molar-refractivity contribution in [1.82, 2.24) is 4.90 Å². The lowest BCUT2D eigenvalue weighted by Gasteiger charge is -2.36. The van der Waals surface area contributed by atoms with Crippen molar-refractivity contribution < 1.29 is 18.9 Å². The monoisotopic (exact) mass is 490 g/mol. The highest BCUT2D eigenvalue weighted by Gasteiger charge is 2.29. The summed E-state index contributed by atoms with van der Waals surface area (Å²) in [5.41, 5.74) is 7.87. The quantitative estimate of drug-likeness (QED) is 0.361. The Morgan fingerprint density at radius 1 is 0.972 bits per heavy atom. The highest BCUT2D eigenvalue weighted by atomic mass is 19.1. The van der Waals surface area contributed by atoms with Crippen LogP contribution in [0, 0.1) is 15.9 Å². The lowest BCUT2D eigenvalue weighted by atomic mass is 9.90. The van der Waals surface area contributed by atoms with Gasteiger partial charge >= 0.3 is 0 Å². The van der Waals surface area contributed by atoms with E-state index in [1.807, 2.05) is 6.07 Å². The van der Waals surface area contributed by atoms with Gasteiger partial charge in [0.1, 0.15) is 5.82 Å². The van der Waals surface area contributed by atoms with Gasteiger partial charge in [0, 0.05) is 47.6 Å². The zero-order valence-electron chi connectivity index (χ0n) is 19.6. The Kier molecular flexibility index (Phi) is 7.70. The number of hydrogen-bond donors (Lipinski definition) is 2. The maximum atomic E-state index is 13.8. The lowest BCUT2D eigenvalue weighted by Crippen LogP contribution is -2.43. The van der Waals surface area contributed by atoms with Crippen molar-refractivity contribution in [3.63, 3.8) is 0 Å². The van der Waals surface area contributed by atoms with Gasteiger partial charge in [-0.05, 0) is 73.7 Å².